The van der Waals surface area contributed by atoms with E-state index in [0.717, 1.165) is 10.0 Å². The Morgan fingerprint density at radius 2 is 1.93 bits per heavy atom. The van der Waals surface area contributed by atoms with Gasteiger partial charge in [-0.25, -0.2) is 0 Å². The smallest absolute Gasteiger partial charge is 0.290 e. The molecule has 28 heavy (non-hydrogen) atoms. The number of carbonyl (C=O) groups is 1. The molecule has 4 rings (SSSR count). The number of hydrogen-bond donors (Lipinski definition) is 0. The van der Waals surface area contributed by atoms with E-state index in [2.05, 4.69) is 15.9 Å². The van der Waals surface area contributed by atoms with Crippen LogP contribution in [0.2, 0.25) is 5.02 Å². The summed E-state index contributed by atoms with van der Waals surface area (Å²) in [7, 11) is 1.62. The summed E-state index contributed by atoms with van der Waals surface area (Å²) in [5.74, 6) is -0.176. The summed E-state index contributed by atoms with van der Waals surface area (Å²) in [5.41, 5.74) is 1.39. The van der Waals surface area contributed by atoms with Crippen molar-refractivity contribution in [2.75, 3.05) is 20.3 Å². The van der Waals surface area contributed by atoms with Crippen LogP contribution in [0, 0.1) is 0 Å². The minimum atomic E-state index is -0.517. The molecule has 7 heteroatoms. The monoisotopic (exact) mass is 461 g/mol. The van der Waals surface area contributed by atoms with Crippen LogP contribution in [0.15, 0.2) is 56.1 Å². The first-order valence-corrected chi connectivity index (χ1v) is 10.00. The van der Waals surface area contributed by atoms with Crippen molar-refractivity contribution in [3.8, 4) is 0 Å². The second kappa shape index (κ2) is 7.70. The van der Waals surface area contributed by atoms with E-state index in [9.17, 15) is 9.59 Å². The molecule has 0 N–H and O–H groups in total. The van der Waals surface area contributed by atoms with E-state index in [1.807, 2.05) is 12.1 Å². The van der Waals surface area contributed by atoms with Crippen LogP contribution >= 0.6 is 27.5 Å². The van der Waals surface area contributed by atoms with Crippen LogP contribution in [0.3, 0.4) is 0 Å². The molecule has 0 fully saturated rings. The number of fused-ring (bicyclic) bond motifs is 2. The Morgan fingerprint density at radius 3 is 2.64 bits per heavy atom. The summed E-state index contributed by atoms with van der Waals surface area (Å²) in [4.78, 5) is 28.1. The van der Waals surface area contributed by atoms with Gasteiger partial charge in [-0.3, -0.25) is 9.59 Å². The Hall–Kier alpha value is -2.15. The molecule has 0 saturated heterocycles. The van der Waals surface area contributed by atoms with Gasteiger partial charge in [-0.1, -0.05) is 39.7 Å². The zero-order valence-corrected chi connectivity index (χ0v) is 17.4. The standard InChI is InChI=1S/C21H17BrClNO4/c1-27-10-2-9-24-18(12-3-6-14(23)7-4-12)17-19(25)15-11-13(22)5-8-16(15)28-20(17)21(24)26/h3-8,11,18H,2,9-10H2,1H3. The van der Waals surface area contributed by atoms with Gasteiger partial charge in [-0.2, -0.15) is 0 Å². The number of rotatable bonds is 5. The minimum absolute atomic E-state index is 0.109. The number of nitrogens with zero attached hydrogens (tertiary/aromatic N) is 1. The van der Waals surface area contributed by atoms with Gasteiger partial charge in [0.1, 0.15) is 5.58 Å². The first-order valence-electron chi connectivity index (χ1n) is 8.83. The summed E-state index contributed by atoms with van der Waals surface area (Å²) in [6, 6.07) is 11.9. The molecular formula is C21H17BrClNO4. The molecule has 1 aromatic heterocycles. The molecule has 0 aliphatic carbocycles. The van der Waals surface area contributed by atoms with Crippen LogP contribution in [-0.2, 0) is 4.74 Å². The molecular weight excluding hydrogens is 446 g/mol. The summed E-state index contributed by atoms with van der Waals surface area (Å²) in [6.07, 6.45) is 0.652. The summed E-state index contributed by atoms with van der Waals surface area (Å²) >= 11 is 9.42. The topological polar surface area (TPSA) is 59.8 Å². The fourth-order valence-corrected chi connectivity index (χ4v) is 4.08. The largest absolute Gasteiger partial charge is 0.450 e. The molecule has 2 aromatic carbocycles. The lowest BCUT2D eigenvalue weighted by molar-refractivity contribution is 0.0708. The van der Waals surface area contributed by atoms with Crippen LogP contribution in [0.5, 0.6) is 0 Å². The highest BCUT2D eigenvalue weighted by molar-refractivity contribution is 9.10. The Labute approximate surface area is 175 Å². The number of halogens is 2. The second-order valence-corrected chi connectivity index (χ2v) is 7.97. The van der Waals surface area contributed by atoms with E-state index in [0.29, 0.717) is 41.1 Å². The molecule has 1 aliphatic heterocycles. The van der Waals surface area contributed by atoms with Crippen LogP contribution < -0.4 is 5.43 Å². The Balaban J connectivity index is 1.92. The zero-order valence-electron chi connectivity index (χ0n) is 15.1. The SMILES string of the molecule is COCCCN1C(=O)c2oc3ccc(Br)cc3c(=O)c2C1c1ccc(Cl)cc1. The van der Waals surface area contributed by atoms with Crippen molar-refractivity contribution in [1.82, 2.24) is 4.90 Å². The van der Waals surface area contributed by atoms with E-state index < -0.39 is 6.04 Å². The Morgan fingerprint density at radius 1 is 1.18 bits per heavy atom. The van der Waals surface area contributed by atoms with E-state index in [1.54, 1.807) is 42.3 Å². The molecule has 0 spiro atoms. The number of carbonyl (C=O) groups excluding carboxylic acids is 1. The van der Waals surface area contributed by atoms with Gasteiger partial charge < -0.3 is 14.1 Å². The van der Waals surface area contributed by atoms with Crippen molar-refractivity contribution < 1.29 is 13.9 Å². The lowest BCUT2D eigenvalue weighted by Gasteiger charge is -2.25. The molecule has 0 radical (unpaired) electrons. The zero-order chi connectivity index (χ0) is 19.8. The second-order valence-electron chi connectivity index (χ2n) is 6.61. The van der Waals surface area contributed by atoms with E-state index in [4.69, 9.17) is 20.8 Å². The average Bonchev–Trinajstić information content (AvgIpc) is 2.96. The van der Waals surface area contributed by atoms with Gasteiger partial charge in [-0.15, -0.1) is 0 Å². The summed E-state index contributed by atoms with van der Waals surface area (Å²) in [6.45, 7) is 0.966. The van der Waals surface area contributed by atoms with Crippen molar-refractivity contribution in [1.29, 1.82) is 0 Å². The number of ether oxygens (including phenoxy) is 1. The number of methoxy groups -OCH3 is 1. The van der Waals surface area contributed by atoms with Gasteiger partial charge in [0.15, 0.2) is 5.43 Å². The molecule has 1 aliphatic rings. The molecule has 3 aromatic rings. The van der Waals surface area contributed by atoms with Crippen molar-refractivity contribution >= 4 is 44.4 Å². The van der Waals surface area contributed by atoms with Crippen LogP contribution in [-0.4, -0.2) is 31.1 Å². The van der Waals surface area contributed by atoms with Crippen LogP contribution in [0.1, 0.15) is 34.1 Å². The van der Waals surface area contributed by atoms with Crippen molar-refractivity contribution in [2.24, 2.45) is 0 Å². The van der Waals surface area contributed by atoms with Crippen molar-refractivity contribution in [3.63, 3.8) is 0 Å². The van der Waals surface area contributed by atoms with Gasteiger partial charge in [-0.05, 0) is 42.3 Å². The predicted octanol–water partition coefficient (Wildman–Crippen LogP) is 4.79. The molecule has 0 saturated carbocycles. The van der Waals surface area contributed by atoms with Gasteiger partial charge in [0.25, 0.3) is 5.91 Å². The molecule has 2 heterocycles. The third kappa shape index (κ3) is 3.26. The molecule has 5 nitrogen and oxygen atoms in total. The normalized spacial score (nSPS) is 16.0. The quantitative estimate of drug-likeness (QED) is 0.512. The molecule has 1 unspecified atom stereocenters. The Kier molecular flexibility index (Phi) is 5.27. The number of hydrogen-bond acceptors (Lipinski definition) is 4. The lowest BCUT2D eigenvalue weighted by atomic mass is 9.98. The summed E-state index contributed by atoms with van der Waals surface area (Å²) < 4.78 is 11.8. The third-order valence-electron chi connectivity index (χ3n) is 4.86. The molecule has 0 bridgehead atoms. The first kappa shape index (κ1) is 19.2. The maximum atomic E-state index is 13.3. The van der Waals surface area contributed by atoms with Gasteiger partial charge in [0.05, 0.1) is 17.0 Å². The number of benzene rings is 2. The van der Waals surface area contributed by atoms with Crippen molar-refractivity contribution in [2.45, 2.75) is 12.5 Å². The predicted molar refractivity (Wildman–Crippen MR) is 111 cm³/mol. The van der Waals surface area contributed by atoms with Gasteiger partial charge in [0, 0.05) is 29.8 Å². The third-order valence-corrected chi connectivity index (χ3v) is 5.61. The molecule has 1 atom stereocenters. The number of amides is 1. The fourth-order valence-electron chi connectivity index (χ4n) is 3.59. The fraction of sp³-hybridized carbons (Fsp3) is 0.238. The summed E-state index contributed by atoms with van der Waals surface area (Å²) in [5, 5.41) is 1.03. The van der Waals surface area contributed by atoms with Crippen molar-refractivity contribution in [3.05, 3.63) is 79.1 Å². The van der Waals surface area contributed by atoms with Crippen LogP contribution in [0.25, 0.3) is 11.0 Å². The lowest BCUT2D eigenvalue weighted by Crippen LogP contribution is -2.31. The molecule has 144 valence electrons. The highest BCUT2D eigenvalue weighted by atomic mass is 79.9. The maximum absolute atomic E-state index is 13.3. The Bertz CT molecular complexity index is 1110. The highest BCUT2D eigenvalue weighted by Crippen LogP contribution is 2.38. The van der Waals surface area contributed by atoms with Crippen LogP contribution in [0.4, 0.5) is 0 Å². The van der Waals surface area contributed by atoms with E-state index in [1.165, 1.54) is 0 Å². The van der Waals surface area contributed by atoms with E-state index >= 15 is 0 Å². The van der Waals surface area contributed by atoms with E-state index in [-0.39, 0.29) is 17.1 Å². The highest BCUT2D eigenvalue weighted by Gasteiger charge is 2.42. The average molecular weight is 463 g/mol. The first-order chi connectivity index (χ1) is 13.5. The minimum Gasteiger partial charge on any atom is -0.450 e. The van der Waals surface area contributed by atoms with Gasteiger partial charge in [0.2, 0.25) is 5.76 Å². The molecule has 1 amide bonds. The van der Waals surface area contributed by atoms with Gasteiger partial charge >= 0.3 is 0 Å². The maximum Gasteiger partial charge on any atom is 0.290 e.